The van der Waals surface area contributed by atoms with Gasteiger partial charge in [-0.15, -0.1) is 0 Å². The number of aliphatic hydroxyl groups is 1. The molecule has 0 saturated carbocycles. The van der Waals surface area contributed by atoms with Crippen molar-refractivity contribution in [2.75, 3.05) is 36.1 Å². The van der Waals surface area contributed by atoms with Crippen LogP contribution in [-0.4, -0.2) is 154 Å². The molecule has 1 aromatic carbocycles. The van der Waals surface area contributed by atoms with Crippen LogP contribution in [0.15, 0.2) is 30.3 Å². The number of unbranched alkanes of at least 4 members (excludes halogenated alkanes) is 1. The number of carboxylic acids is 1. The zero-order valence-electron chi connectivity index (χ0n) is 37.0. The lowest BCUT2D eigenvalue weighted by atomic mass is 10.0. The summed E-state index contributed by atoms with van der Waals surface area (Å²) in [6.45, 7) is 5.49. The van der Waals surface area contributed by atoms with Crippen molar-refractivity contribution < 1.29 is 58.2 Å². The van der Waals surface area contributed by atoms with Gasteiger partial charge in [0.2, 0.25) is 53.2 Å². The second-order valence-electron chi connectivity index (χ2n) is 15.7. The number of thioether (sulfide) groups is 2. The summed E-state index contributed by atoms with van der Waals surface area (Å²) in [6, 6.07) is -0.578. The zero-order valence-corrected chi connectivity index (χ0v) is 38.6. The number of nitrogens with two attached hydrogens (primary N) is 2. The summed E-state index contributed by atoms with van der Waals surface area (Å²) in [5.41, 5.74) is 11.8. The van der Waals surface area contributed by atoms with Gasteiger partial charge in [0, 0.05) is 42.8 Å². The molecule has 8 atom stereocenters. The first-order valence-electron chi connectivity index (χ1n) is 21.2. The number of hydrogen-bond acceptors (Lipinski definition) is 14. The summed E-state index contributed by atoms with van der Waals surface area (Å²) in [5, 5.41) is 40.0. The summed E-state index contributed by atoms with van der Waals surface area (Å²) in [6.07, 6.45) is -1.32. The van der Waals surface area contributed by atoms with E-state index in [4.69, 9.17) is 16.6 Å². The van der Waals surface area contributed by atoms with Gasteiger partial charge in [-0.3, -0.25) is 47.9 Å². The molecule has 0 aromatic heterocycles. The normalized spacial score (nSPS) is 21.2. The van der Waals surface area contributed by atoms with Crippen LogP contribution in [0.1, 0.15) is 65.4 Å². The maximum atomic E-state index is 13.9. The molecule has 2 rings (SSSR count). The molecule has 24 heteroatoms. The van der Waals surface area contributed by atoms with Gasteiger partial charge in [0.25, 0.3) is 0 Å². The summed E-state index contributed by atoms with van der Waals surface area (Å²) in [5.74, 6) is -8.38. The number of primary amides is 1. The van der Waals surface area contributed by atoms with E-state index in [9.17, 15) is 53.1 Å². The molecular formula is C41H64N10O12S2. The molecule has 9 amide bonds. The van der Waals surface area contributed by atoms with E-state index in [-0.39, 0.29) is 36.7 Å². The van der Waals surface area contributed by atoms with Crippen molar-refractivity contribution in [3.8, 4) is 0 Å². The Bertz CT molecular complexity index is 1810. The van der Waals surface area contributed by atoms with Crippen LogP contribution in [0.5, 0.6) is 0 Å². The van der Waals surface area contributed by atoms with Gasteiger partial charge in [-0.2, -0.15) is 23.5 Å². The second-order valence-corrected chi connectivity index (χ2v) is 18.0. The van der Waals surface area contributed by atoms with Crippen LogP contribution in [0.2, 0.25) is 0 Å². The van der Waals surface area contributed by atoms with E-state index in [0.717, 1.165) is 0 Å². The Morgan fingerprint density at radius 2 is 1.48 bits per heavy atom. The molecule has 362 valence electrons. The predicted molar refractivity (Wildman–Crippen MR) is 242 cm³/mol. The Kier molecular flexibility index (Phi) is 25.0. The molecule has 1 aromatic rings. The number of amides is 9. The highest BCUT2D eigenvalue weighted by Gasteiger charge is 2.34. The van der Waals surface area contributed by atoms with Crippen molar-refractivity contribution >= 4 is 82.7 Å². The third kappa shape index (κ3) is 20.9. The minimum Gasteiger partial charge on any atom is -0.481 e. The molecule has 0 aliphatic carbocycles. The molecule has 0 spiro atoms. The minimum atomic E-state index is -1.62. The Labute approximate surface area is 386 Å². The highest BCUT2D eigenvalue weighted by molar-refractivity contribution is 8.03. The number of aliphatic carboxylic acids is 1. The molecule has 1 fully saturated rings. The van der Waals surface area contributed by atoms with Crippen LogP contribution in [0.3, 0.4) is 0 Å². The molecule has 1 saturated heterocycles. The average Bonchev–Trinajstić information content (AvgIpc) is 3.24. The number of carbonyl (C=O) groups excluding carboxylic acids is 9. The molecule has 0 radical (unpaired) electrons. The Hall–Kier alpha value is -5.46. The summed E-state index contributed by atoms with van der Waals surface area (Å²) < 4.78 is 0. The largest absolute Gasteiger partial charge is 0.481 e. The van der Waals surface area contributed by atoms with Gasteiger partial charge in [-0.25, -0.2) is 0 Å². The van der Waals surface area contributed by atoms with Crippen LogP contribution in [0.25, 0.3) is 0 Å². The quantitative estimate of drug-likeness (QED) is 0.0607. The number of benzene rings is 1. The Morgan fingerprint density at radius 3 is 2.06 bits per heavy atom. The lowest BCUT2D eigenvalue weighted by molar-refractivity contribution is -0.138. The van der Waals surface area contributed by atoms with Gasteiger partial charge in [0.15, 0.2) is 0 Å². The van der Waals surface area contributed by atoms with E-state index < -0.39 is 120 Å². The van der Waals surface area contributed by atoms with Gasteiger partial charge in [-0.1, -0.05) is 44.2 Å². The molecule has 1 aliphatic rings. The van der Waals surface area contributed by atoms with E-state index in [2.05, 4.69) is 42.5 Å². The number of nitrogens with one attached hydrogen (secondary N) is 8. The number of hydrogen-bond donors (Lipinski definition) is 12. The summed E-state index contributed by atoms with van der Waals surface area (Å²) in [7, 11) is 0. The fourth-order valence-corrected chi connectivity index (χ4v) is 8.49. The van der Waals surface area contributed by atoms with E-state index in [1.807, 2.05) is 0 Å². The van der Waals surface area contributed by atoms with Crippen LogP contribution < -0.4 is 54.0 Å². The van der Waals surface area contributed by atoms with Crippen LogP contribution in [0.4, 0.5) is 0 Å². The molecule has 65 heavy (non-hydrogen) atoms. The van der Waals surface area contributed by atoms with Crippen molar-refractivity contribution in [3.63, 3.8) is 0 Å². The third-order valence-corrected chi connectivity index (χ3v) is 12.2. The molecular weight excluding hydrogens is 889 g/mol. The maximum absolute atomic E-state index is 13.9. The van der Waals surface area contributed by atoms with Crippen LogP contribution in [0, 0.1) is 5.92 Å². The molecule has 14 N–H and O–H groups in total. The van der Waals surface area contributed by atoms with Crippen molar-refractivity contribution in [2.24, 2.45) is 17.4 Å². The SMILES string of the molecule is CC(=O)N[C@H](C(=O)N[C@@H](CCCCN)C(=O)N[C@H]1CSCCSC[C@H](C(=O)N[C@@H](CCC(=O)O)C(N)=O)NC(=O)[C@H](Cc2ccccc2)NC(=O)CNC(=O)[C@H]([C@@H](C)O)NC1=O)C(C)C. The van der Waals surface area contributed by atoms with Gasteiger partial charge < -0.3 is 64.2 Å². The highest BCUT2D eigenvalue weighted by atomic mass is 32.2. The van der Waals surface area contributed by atoms with Crippen molar-refractivity contribution in [3.05, 3.63) is 35.9 Å². The van der Waals surface area contributed by atoms with Crippen molar-refractivity contribution in [1.29, 1.82) is 0 Å². The molecule has 1 heterocycles. The number of carboxylic acid groups (broad SMARTS) is 1. The van der Waals surface area contributed by atoms with Gasteiger partial charge in [-0.05, 0) is 50.6 Å². The molecule has 1 aliphatic heterocycles. The zero-order chi connectivity index (χ0) is 48.6. The molecule has 0 unspecified atom stereocenters. The van der Waals surface area contributed by atoms with Gasteiger partial charge in [0.05, 0.1) is 12.6 Å². The Morgan fingerprint density at radius 1 is 0.815 bits per heavy atom. The van der Waals surface area contributed by atoms with Crippen LogP contribution in [-0.2, 0) is 54.4 Å². The summed E-state index contributed by atoms with van der Waals surface area (Å²) in [4.78, 5) is 131. The van der Waals surface area contributed by atoms with Crippen molar-refractivity contribution in [1.82, 2.24) is 42.5 Å². The predicted octanol–water partition coefficient (Wildman–Crippen LogP) is -3.25. The lowest BCUT2D eigenvalue weighted by Gasteiger charge is -2.28. The maximum Gasteiger partial charge on any atom is 0.303 e. The first kappa shape index (κ1) is 55.7. The second kappa shape index (κ2) is 29.2. The third-order valence-electron chi connectivity index (χ3n) is 9.82. The van der Waals surface area contributed by atoms with E-state index in [1.54, 1.807) is 44.2 Å². The van der Waals surface area contributed by atoms with E-state index in [1.165, 1.54) is 37.4 Å². The highest BCUT2D eigenvalue weighted by Crippen LogP contribution is 2.14. The minimum absolute atomic E-state index is 0.0579. The summed E-state index contributed by atoms with van der Waals surface area (Å²) >= 11 is 2.39. The van der Waals surface area contributed by atoms with E-state index in [0.29, 0.717) is 36.5 Å². The number of aliphatic hydroxyl groups excluding tert-OH is 1. The first-order valence-corrected chi connectivity index (χ1v) is 23.5. The smallest absolute Gasteiger partial charge is 0.303 e. The fourth-order valence-electron chi connectivity index (χ4n) is 6.27. The van der Waals surface area contributed by atoms with Gasteiger partial charge in [0.1, 0.15) is 42.3 Å². The van der Waals surface area contributed by atoms with Gasteiger partial charge >= 0.3 is 5.97 Å². The topological polar surface area (TPSA) is 359 Å². The first-order chi connectivity index (χ1) is 30.7. The van der Waals surface area contributed by atoms with Crippen LogP contribution >= 0.6 is 23.5 Å². The monoisotopic (exact) mass is 952 g/mol. The fraction of sp³-hybridized carbons (Fsp3) is 0.610. The lowest BCUT2D eigenvalue weighted by Crippen LogP contribution is -2.61. The van der Waals surface area contributed by atoms with Crippen molar-refractivity contribution in [2.45, 2.75) is 115 Å². The number of carbonyl (C=O) groups is 10. The standard InChI is InChI=1S/C41H64N10O12S2/c1-22(2)33(45-24(4)53)41(63)48-27(12-8-9-15-42)36(58)49-30-21-65-17-16-64-20-29(38(60)47-26(35(43)57)13-14-32(55)56)50-37(59)28(18-25-10-6-5-7-11-25)46-31(54)19-44-40(62)34(23(3)52)51-39(30)61/h5-7,10-11,22-23,26-30,33-34,52H,8-9,12-21,42H2,1-4H3,(H2,43,57)(H,44,62)(H,45,53)(H,46,54)(H,47,60)(H,48,63)(H,49,58)(H,50,59)(H,51,61)(H,55,56)/t23-,26+,27+,28+,29-,30+,33+,34+/m1/s1. The average molecular weight is 953 g/mol. The number of rotatable bonds is 19. The molecule has 0 bridgehead atoms. The van der Waals surface area contributed by atoms with E-state index >= 15 is 0 Å². The Balaban J connectivity index is 2.48. The molecule has 22 nitrogen and oxygen atoms in total.